The normalized spacial score (nSPS) is 16.0. The molecule has 37 heavy (non-hydrogen) atoms. The Kier molecular flexibility index (Phi) is 6.68. The van der Waals surface area contributed by atoms with Gasteiger partial charge in [0.1, 0.15) is 17.3 Å². The van der Waals surface area contributed by atoms with Crippen LogP contribution in [0.4, 0.5) is 20.5 Å². The Morgan fingerprint density at radius 2 is 1.92 bits per heavy atom. The molecule has 0 unspecified atom stereocenters. The minimum atomic E-state index is -0.620. The van der Waals surface area contributed by atoms with Crippen LogP contribution in [0.2, 0.25) is 0 Å². The number of fused-ring (bicyclic) bond motifs is 1. The molecule has 3 aromatic heterocycles. The molecule has 0 radical (unpaired) electrons. The molecule has 4 heterocycles. The number of nitrogens with one attached hydrogen (secondary N) is 3. The lowest BCUT2D eigenvalue weighted by Gasteiger charge is -2.39. The summed E-state index contributed by atoms with van der Waals surface area (Å²) in [7, 11) is 0. The quantitative estimate of drug-likeness (QED) is 0.314. The molecule has 9 heteroatoms. The highest BCUT2D eigenvalue weighted by Gasteiger charge is 2.25. The van der Waals surface area contributed by atoms with E-state index < -0.39 is 11.6 Å². The van der Waals surface area contributed by atoms with E-state index in [1.54, 1.807) is 6.07 Å². The SMILES string of the molecule is Cc1[nH]c2c(F)cc(-c3nc(Nc4ccc(CN5CCNC(C)(C)C5)cn4)ncc3F)cc2c1C(C)C. The van der Waals surface area contributed by atoms with E-state index in [4.69, 9.17) is 0 Å². The maximum absolute atomic E-state index is 15.0. The Labute approximate surface area is 215 Å². The molecule has 5 rings (SSSR count). The molecular formula is C28H33F2N7. The van der Waals surface area contributed by atoms with E-state index >= 15 is 0 Å². The lowest BCUT2D eigenvalue weighted by Crippen LogP contribution is -2.56. The number of rotatable bonds is 6. The number of pyridine rings is 1. The summed E-state index contributed by atoms with van der Waals surface area (Å²) in [6.45, 7) is 14.2. The fourth-order valence-electron chi connectivity index (χ4n) is 5.26. The second kappa shape index (κ2) is 9.79. The predicted octanol–water partition coefficient (Wildman–Crippen LogP) is 5.66. The number of aryl methyl sites for hydroxylation is 1. The lowest BCUT2D eigenvalue weighted by atomic mass is 9.98. The number of aromatic nitrogens is 4. The first kappa shape index (κ1) is 25.2. The van der Waals surface area contributed by atoms with Gasteiger partial charge in [-0.05, 0) is 56.0 Å². The van der Waals surface area contributed by atoms with Crippen LogP contribution in [0.1, 0.15) is 50.4 Å². The number of hydrogen-bond donors (Lipinski definition) is 3. The first-order valence-electron chi connectivity index (χ1n) is 12.6. The molecule has 0 bridgehead atoms. The summed E-state index contributed by atoms with van der Waals surface area (Å²) in [4.78, 5) is 18.5. The summed E-state index contributed by atoms with van der Waals surface area (Å²) < 4.78 is 29.8. The van der Waals surface area contributed by atoms with E-state index in [0.717, 1.165) is 54.6 Å². The third kappa shape index (κ3) is 5.33. The first-order valence-corrected chi connectivity index (χ1v) is 12.6. The Bertz CT molecular complexity index is 1430. The average Bonchev–Trinajstić information content (AvgIpc) is 3.17. The van der Waals surface area contributed by atoms with Crippen LogP contribution in [0.15, 0.2) is 36.7 Å². The summed E-state index contributed by atoms with van der Waals surface area (Å²) in [5.74, 6) is -0.143. The molecule has 0 aliphatic carbocycles. The van der Waals surface area contributed by atoms with Crippen molar-refractivity contribution in [1.29, 1.82) is 0 Å². The third-order valence-corrected chi connectivity index (χ3v) is 6.81. The van der Waals surface area contributed by atoms with Crippen LogP contribution in [-0.2, 0) is 6.54 Å². The smallest absolute Gasteiger partial charge is 0.229 e. The number of halogens is 2. The van der Waals surface area contributed by atoms with Crippen LogP contribution >= 0.6 is 0 Å². The molecule has 1 aromatic carbocycles. The van der Waals surface area contributed by atoms with Crippen LogP contribution in [0.5, 0.6) is 0 Å². The Morgan fingerprint density at radius 1 is 1.11 bits per heavy atom. The Morgan fingerprint density at radius 3 is 2.62 bits per heavy atom. The standard InChI is InChI=1S/C28H33F2N7/c1-16(2)24-17(3)34-26-20(24)10-19(11-21(26)29)25-22(30)13-32-27(36-25)35-23-7-6-18(12-31-23)14-37-9-8-33-28(4,5)15-37/h6-7,10-13,16,33-34H,8-9,14-15H2,1-5H3,(H,31,32,35,36). The molecule has 1 fully saturated rings. The summed E-state index contributed by atoms with van der Waals surface area (Å²) >= 11 is 0. The molecule has 1 aliphatic heterocycles. The van der Waals surface area contributed by atoms with Gasteiger partial charge in [0.25, 0.3) is 0 Å². The average molecular weight is 506 g/mol. The van der Waals surface area contributed by atoms with Crippen molar-refractivity contribution in [3.05, 3.63) is 65.1 Å². The number of H-pyrrole nitrogens is 1. The molecule has 1 saturated heterocycles. The van der Waals surface area contributed by atoms with Crippen molar-refractivity contribution in [3.8, 4) is 11.3 Å². The van der Waals surface area contributed by atoms with Crippen molar-refractivity contribution in [1.82, 2.24) is 30.2 Å². The van der Waals surface area contributed by atoms with Crippen LogP contribution < -0.4 is 10.6 Å². The van der Waals surface area contributed by atoms with Gasteiger partial charge in [0.2, 0.25) is 5.95 Å². The highest BCUT2D eigenvalue weighted by atomic mass is 19.1. The maximum Gasteiger partial charge on any atom is 0.229 e. The van der Waals surface area contributed by atoms with Crippen molar-refractivity contribution in [3.63, 3.8) is 0 Å². The topological polar surface area (TPSA) is 81.8 Å². The summed E-state index contributed by atoms with van der Waals surface area (Å²) in [5, 5.41) is 7.30. The number of anilines is 2. The van der Waals surface area contributed by atoms with Gasteiger partial charge < -0.3 is 15.6 Å². The van der Waals surface area contributed by atoms with Crippen LogP contribution in [-0.4, -0.2) is 50.0 Å². The summed E-state index contributed by atoms with van der Waals surface area (Å²) in [6, 6.07) is 6.97. The molecule has 0 atom stereocenters. The number of nitrogens with zero attached hydrogens (tertiary/aromatic N) is 4. The fraction of sp³-hybridized carbons (Fsp3) is 0.393. The zero-order valence-corrected chi connectivity index (χ0v) is 21.9. The van der Waals surface area contributed by atoms with Gasteiger partial charge in [-0.3, -0.25) is 4.90 Å². The molecule has 0 spiro atoms. The van der Waals surface area contributed by atoms with Crippen LogP contribution in [0.25, 0.3) is 22.2 Å². The van der Waals surface area contributed by atoms with Gasteiger partial charge >= 0.3 is 0 Å². The minimum absolute atomic E-state index is 0.0322. The molecule has 7 nitrogen and oxygen atoms in total. The third-order valence-electron chi connectivity index (χ3n) is 6.81. The van der Waals surface area contributed by atoms with Gasteiger partial charge in [-0.1, -0.05) is 19.9 Å². The molecule has 4 aromatic rings. The van der Waals surface area contributed by atoms with Gasteiger partial charge in [0.05, 0.1) is 11.7 Å². The van der Waals surface area contributed by atoms with Gasteiger partial charge in [-0.2, -0.15) is 0 Å². The molecule has 0 amide bonds. The summed E-state index contributed by atoms with van der Waals surface area (Å²) in [5.41, 5.74) is 3.93. The highest BCUT2D eigenvalue weighted by molar-refractivity contribution is 5.89. The van der Waals surface area contributed by atoms with Gasteiger partial charge in [0.15, 0.2) is 5.82 Å². The van der Waals surface area contributed by atoms with E-state index in [-0.39, 0.29) is 23.1 Å². The first-order chi connectivity index (χ1) is 17.6. The Balaban J connectivity index is 1.37. The van der Waals surface area contributed by atoms with Crippen molar-refractivity contribution in [2.75, 3.05) is 25.0 Å². The number of piperazine rings is 1. The molecule has 3 N–H and O–H groups in total. The van der Waals surface area contributed by atoms with E-state index in [9.17, 15) is 8.78 Å². The maximum atomic E-state index is 15.0. The predicted molar refractivity (Wildman–Crippen MR) is 143 cm³/mol. The molecular weight excluding hydrogens is 472 g/mol. The zero-order chi connectivity index (χ0) is 26.3. The minimum Gasteiger partial charge on any atom is -0.356 e. The molecule has 0 saturated carbocycles. The van der Waals surface area contributed by atoms with E-state index in [0.29, 0.717) is 16.9 Å². The van der Waals surface area contributed by atoms with Gasteiger partial charge in [-0.25, -0.2) is 23.7 Å². The lowest BCUT2D eigenvalue weighted by molar-refractivity contribution is 0.148. The van der Waals surface area contributed by atoms with Gasteiger partial charge in [-0.15, -0.1) is 0 Å². The number of benzene rings is 1. The largest absolute Gasteiger partial charge is 0.356 e. The van der Waals surface area contributed by atoms with Crippen LogP contribution in [0.3, 0.4) is 0 Å². The van der Waals surface area contributed by atoms with Gasteiger partial charge in [0, 0.05) is 54.6 Å². The van der Waals surface area contributed by atoms with Crippen molar-refractivity contribution in [2.24, 2.45) is 0 Å². The van der Waals surface area contributed by atoms with Crippen LogP contribution in [0, 0.1) is 18.6 Å². The zero-order valence-electron chi connectivity index (χ0n) is 21.9. The van der Waals surface area contributed by atoms with Crippen molar-refractivity contribution >= 4 is 22.7 Å². The van der Waals surface area contributed by atoms with E-state index in [1.165, 1.54) is 6.07 Å². The number of hydrogen-bond acceptors (Lipinski definition) is 6. The van der Waals surface area contributed by atoms with Crippen molar-refractivity contribution < 1.29 is 8.78 Å². The monoisotopic (exact) mass is 505 g/mol. The molecule has 194 valence electrons. The Hall–Kier alpha value is -3.43. The van der Waals surface area contributed by atoms with E-state index in [1.807, 2.05) is 25.3 Å². The van der Waals surface area contributed by atoms with E-state index in [2.05, 4.69) is 63.2 Å². The fourth-order valence-corrected chi connectivity index (χ4v) is 5.26. The molecule has 1 aliphatic rings. The summed E-state index contributed by atoms with van der Waals surface area (Å²) in [6.07, 6.45) is 2.92. The van der Waals surface area contributed by atoms with Crippen molar-refractivity contribution in [2.45, 2.75) is 52.6 Å². The second-order valence-electron chi connectivity index (χ2n) is 10.8. The second-order valence-corrected chi connectivity index (χ2v) is 10.8. The highest BCUT2D eigenvalue weighted by Crippen LogP contribution is 2.34. The number of aromatic amines is 1.